The van der Waals surface area contributed by atoms with Crippen LogP contribution in [0.5, 0.6) is 11.5 Å². The number of nitrogens with one attached hydrogen (secondary N) is 1. The lowest BCUT2D eigenvalue weighted by molar-refractivity contribution is -0.140. The van der Waals surface area contributed by atoms with Gasteiger partial charge in [-0.15, -0.1) is 0 Å². The molecule has 4 amide bonds. The van der Waals surface area contributed by atoms with Crippen LogP contribution in [0.25, 0.3) is 0 Å². The summed E-state index contributed by atoms with van der Waals surface area (Å²) in [5, 5.41) is 2.78. The monoisotopic (exact) mass is 441 g/mol. The molecule has 2 aliphatic heterocycles. The maximum absolute atomic E-state index is 14.0. The van der Waals surface area contributed by atoms with E-state index in [-0.39, 0.29) is 25.3 Å². The zero-order valence-corrected chi connectivity index (χ0v) is 17.9. The summed E-state index contributed by atoms with van der Waals surface area (Å²) in [6, 6.07) is 10.9. The van der Waals surface area contributed by atoms with Gasteiger partial charge in [-0.2, -0.15) is 0 Å². The van der Waals surface area contributed by atoms with Crippen LogP contribution in [-0.4, -0.2) is 54.5 Å². The van der Waals surface area contributed by atoms with Crippen molar-refractivity contribution in [3.63, 3.8) is 0 Å². The van der Waals surface area contributed by atoms with Gasteiger partial charge in [0.2, 0.25) is 5.91 Å². The normalized spacial score (nSPS) is 19.4. The van der Waals surface area contributed by atoms with Gasteiger partial charge in [0.25, 0.3) is 5.91 Å². The largest absolute Gasteiger partial charge is 0.494 e. The van der Waals surface area contributed by atoms with Crippen molar-refractivity contribution in [3.8, 4) is 11.5 Å². The van der Waals surface area contributed by atoms with Gasteiger partial charge >= 0.3 is 6.03 Å². The van der Waals surface area contributed by atoms with Crippen LogP contribution >= 0.6 is 0 Å². The van der Waals surface area contributed by atoms with Crippen molar-refractivity contribution in [2.24, 2.45) is 0 Å². The summed E-state index contributed by atoms with van der Waals surface area (Å²) < 4.78 is 24.6. The lowest BCUT2D eigenvalue weighted by Crippen LogP contribution is -2.48. The molecular weight excluding hydrogens is 417 g/mol. The van der Waals surface area contributed by atoms with E-state index in [2.05, 4.69) is 5.32 Å². The van der Waals surface area contributed by atoms with Crippen molar-refractivity contribution >= 4 is 17.8 Å². The molecule has 0 aromatic heterocycles. The van der Waals surface area contributed by atoms with Gasteiger partial charge in [-0.25, -0.2) is 9.18 Å². The first-order valence-corrected chi connectivity index (χ1v) is 10.4. The molecule has 2 aromatic carbocycles. The first kappa shape index (κ1) is 21.6. The van der Waals surface area contributed by atoms with Crippen LogP contribution in [0.4, 0.5) is 9.18 Å². The molecule has 1 unspecified atom stereocenters. The Balaban J connectivity index is 1.51. The second-order valence-corrected chi connectivity index (χ2v) is 7.70. The maximum atomic E-state index is 14.0. The van der Waals surface area contributed by atoms with E-state index in [1.165, 1.54) is 24.1 Å². The number of imide groups is 1. The molecule has 1 atom stereocenters. The number of halogens is 1. The Labute approximate surface area is 184 Å². The van der Waals surface area contributed by atoms with Crippen molar-refractivity contribution in [1.82, 2.24) is 15.1 Å². The number of fused-ring (bicyclic) bond motifs is 2. The molecule has 32 heavy (non-hydrogen) atoms. The van der Waals surface area contributed by atoms with Gasteiger partial charge < -0.3 is 19.7 Å². The number of nitrogens with zero attached hydrogens (tertiary/aromatic N) is 2. The SMILES string of the molecule is CCN(Cc1ccc(OC)c(F)c1)C(=O)CN1C(=O)NC2(CCOc3ccccc32)C1=O. The van der Waals surface area contributed by atoms with Crippen LogP contribution in [0.1, 0.15) is 24.5 Å². The van der Waals surface area contributed by atoms with Crippen LogP contribution in [0.15, 0.2) is 42.5 Å². The molecule has 0 radical (unpaired) electrons. The minimum absolute atomic E-state index is 0.115. The molecule has 4 rings (SSSR count). The van der Waals surface area contributed by atoms with Crippen LogP contribution in [-0.2, 0) is 21.7 Å². The van der Waals surface area contributed by atoms with E-state index >= 15 is 0 Å². The third kappa shape index (κ3) is 3.63. The number of para-hydroxylation sites is 1. The average molecular weight is 441 g/mol. The predicted octanol–water partition coefficient (Wildman–Crippen LogP) is 2.41. The predicted molar refractivity (Wildman–Crippen MR) is 113 cm³/mol. The number of methoxy groups -OCH3 is 1. The van der Waals surface area contributed by atoms with Gasteiger partial charge in [0.15, 0.2) is 17.1 Å². The molecule has 1 fully saturated rings. The Hall–Kier alpha value is -3.62. The van der Waals surface area contributed by atoms with Gasteiger partial charge in [-0.05, 0) is 30.7 Å². The van der Waals surface area contributed by atoms with E-state index in [9.17, 15) is 18.8 Å². The number of urea groups is 1. The molecule has 1 spiro atoms. The lowest BCUT2D eigenvalue weighted by atomic mass is 9.84. The molecule has 0 aliphatic carbocycles. The summed E-state index contributed by atoms with van der Waals surface area (Å²) >= 11 is 0. The van der Waals surface area contributed by atoms with Crippen molar-refractivity contribution in [1.29, 1.82) is 0 Å². The number of hydrogen-bond acceptors (Lipinski definition) is 5. The highest BCUT2D eigenvalue weighted by atomic mass is 19.1. The molecule has 2 heterocycles. The van der Waals surface area contributed by atoms with Crippen LogP contribution in [0, 0.1) is 5.82 Å². The number of ether oxygens (including phenoxy) is 2. The Morgan fingerprint density at radius 1 is 1.28 bits per heavy atom. The first-order chi connectivity index (χ1) is 15.4. The summed E-state index contributed by atoms with van der Waals surface area (Å²) in [5.74, 6) is -0.757. The number of likely N-dealkylation sites (N-methyl/N-ethyl adjacent to an activating group) is 1. The summed E-state index contributed by atoms with van der Waals surface area (Å²) in [7, 11) is 1.38. The molecular formula is C23H24FN3O5. The number of carbonyl (C=O) groups excluding carboxylic acids is 3. The fourth-order valence-electron chi connectivity index (χ4n) is 4.16. The summed E-state index contributed by atoms with van der Waals surface area (Å²) in [5.41, 5.74) is -0.0753. The van der Waals surface area contributed by atoms with Crippen LogP contribution in [0.2, 0.25) is 0 Å². The van der Waals surface area contributed by atoms with Crippen molar-refractivity contribution in [2.75, 3.05) is 26.8 Å². The van der Waals surface area contributed by atoms with Crippen molar-refractivity contribution < 1.29 is 28.2 Å². The van der Waals surface area contributed by atoms with E-state index in [1.54, 1.807) is 37.3 Å². The average Bonchev–Trinajstić information content (AvgIpc) is 3.02. The van der Waals surface area contributed by atoms with Crippen molar-refractivity contribution in [3.05, 3.63) is 59.4 Å². The molecule has 9 heteroatoms. The molecule has 0 saturated carbocycles. The van der Waals surface area contributed by atoms with E-state index < -0.39 is 35.7 Å². The molecule has 1 N–H and O–H groups in total. The molecule has 168 valence electrons. The fraction of sp³-hybridized carbons (Fsp3) is 0.348. The number of hydrogen-bond donors (Lipinski definition) is 1. The second-order valence-electron chi connectivity index (χ2n) is 7.70. The van der Waals surface area contributed by atoms with E-state index in [1.807, 2.05) is 0 Å². The second kappa shape index (κ2) is 8.49. The Kier molecular flexibility index (Phi) is 5.73. The number of amides is 4. The third-order valence-corrected chi connectivity index (χ3v) is 5.87. The quantitative estimate of drug-likeness (QED) is 0.696. The Morgan fingerprint density at radius 2 is 2.06 bits per heavy atom. The molecule has 1 saturated heterocycles. The number of rotatable bonds is 6. The minimum atomic E-state index is -1.23. The molecule has 2 aromatic rings. The topological polar surface area (TPSA) is 88.2 Å². The zero-order valence-electron chi connectivity index (χ0n) is 17.9. The highest BCUT2D eigenvalue weighted by molar-refractivity contribution is 6.09. The number of benzene rings is 2. The third-order valence-electron chi connectivity index (χ3n) is 5.87. The van der Waals surface area contributed by atoms with Crippen LogP contribution < -0.4 is 14.8 Å². The van der Waals surface area contributed by atoms with Gasteiger partial charge in [0.05, 0.1) is 13.7 Å². The standard InChI is InChI=1S/C23H24FN3O5/c1-3-26(13-15-8-9-19(31-2)17(24)12-15)20(28)14-27-21(29)23(25-22(27)30)10-11-32-18-7-5-4-6-16(18)23/h4-9,12H,3,10-11,13-14H2,1-2H3,(H,25,30). The molecule has 0 bridgehead atoms. The Bertz CT molecular complexity index is 1080. The van der Waals surface area contributed by atoms with Gasteiger partial charge in [0, 0.05) is 25.1 Å². The fourth-order valence-corrected chi connectivity index (χ4v) is 4.16. The first-order valence-electron chi connectivity index (χ1n) is 10.4. The molecule has 8 nitrogen and oxygen atoms in total. The highest BCUT2D eigenvalue weighted by Crippen LogP contribution is 2.40. The number of carbonyl (C=O) groups is 3. The smallest absolute Gasteiger partial charge is 0.325 e. The summed E-state index contributed by atoms with van der Waals surface area (Å²) in [6.07, 6.45) is 0.280. The summed E-state index contributed by atoms with van der Waals surface area (Å²) in [6.45, 7) is 2.12. The summed E-state index contributed by atoms with van der Waals surface area (Å²) in [4.78, 5) is 41.4. The highest BCUT2D eigenvalue weighted by Gasteiger charge is 2.55. The van der Waals surface area contributed by atoms with Crippen molar-refractivity contribution in [2.45, 2.75) is 25.4 Å². The van der Waals surface area contributed by atoms with Gasteiger partial charge in [-0.1, -0.05) is 24.3 Å². The van der Waals surface area contributed by atoms with Gasteiger partial charge in [0.1, 0.15) is 12.3 Å². The van der Waals surface area contributed by atoms with Crippen LogP contribution in [0.3, 0.4) is 0 Å². The van der Waals surface area contributed by atoms with Gasteiger partial charge in [-0.3, -0.25) is 14.5 Å². The zero-order chi connectivity index (χ0) is 22.9. The van der Waals surface area contributed by atoms with E-state index in [0.29, 0.717) is 23.4 Å². The van der Waals surface area contributed by atoms with E-state index in [0.717, 1.165) is 4.90 Å². The Morgan fingerprint density at radius 3 is 2.78 bits per heavy atom. The van der Waals surface area contributed by atoms with E-state index in [4.69, 9.17) is 9.47 Å². The minimum Gasteiger partial charge on any atom is -0.494 e. The lowest BCUT2D eigenvalue weighted by Gasteiger charge is -2.33. The molecule has 2 aliphatic rings. The maximum Gasteiger partial charge on any atom is 0.325 e.